The molecule has 1 unspecified atom stereocenters. The van der Waals surface area contributed by atoms with Crippen molar-refractivity contribution in [2.24, 2.45) is 0 Å². The molecule has 4 aromatic rings. The number of ether oxygens (including phenoxy) is 2. The number of imidazole rings is 1. The zero-order chi connectivity index (χ0) is 25.8. The van der Waals surface area contributed by atoms with Crippen molar-refractivity contribution >= 4 is 11.6 Å². The van der Waals surface area contributed by atoms with Gasteiger partial charge in [-0.15, -0.1) is 0 Å². The lowest BCUT2D eigenvalue weighted by atomic mass is 10.1. The van der Waals surface area contributed by atoms with Crippen LogP contribution in [0.1, 0.15) is 33.4 Å². The number of amides is 1. The van der Waals surface area contributed by atoms with Gasteiger partial charge in [-0.2, -0.15) is 0 Å². The van der Waals surface area contributed by atoms with Gasteiger partial charge in [0.05, 0.1) is 30.5 Å². The van der Waals surface area contributed by atoms with Crippen molar-refractivity contribution in [1.82, 2.24) is 19.6 Å². The number of aryl methyl sites for hydroxylation is 1. The Hall–Kier alpha value is -3.82. The van der Waals surface area contributed by atoms with Gasteiger partial charge in [-0.25, -0.2) is 13.8 Å². The van der Waals surface area contributed by atoms with Crippen LogP contribution in [0.15, 0.2) is 66.9 Å². The Morgan fingerprint density at radius 3 is 2.51 bits per heavy atom. The largest absolute Gasteiger partial charge is 0.485 e. The summed E-state index contributed by atoms with van der Waals surface area (Å²) in [5, 5.41) is 3.19. The molecule has 1 amide bonds. The Kier molecular flexibility index (Phi) is 7.43. The Bertz CT molecular complexity index is 1370. The molecule has 37 heavy (non-hydrogen) atoms. The molecule has 0 bridgehead atoms. The maximum atomic E-state index is 14.1. The third kappa shape index (κ3) is 5.47. The maximum Gasteiger partial charge on any atom is 0.270 e. The van der Waals surface area contributed by atoms with Crippen LogP contribution in [0.2, 0.25) is 0 Å². The Labute approximate surface area is 213 Å². The van der Waals surface area contributed by atoms with Crippen LogP contribution in [0.4, 0.5) is 8.78 Å². The average Bonchev–Trinajstić information content (AvgIpc) is 3.25. The fourth-order valence-electron chi connectivity index (χ4n) is 4.55. The van der Waals surface area contributed by atoms with Crippen LogP contribution in [-0.4, -0.2) is 53.0 Å². The fraction of sp³-hybridized carbons (Fsp3) is 0.286. The Morgan fingerprint density at radius 2 is 1.78 bits per heavy atom. The molecule has 192 valence electrons. The van der Waals surface area contributed by atoms with Crippen molar-refractivity contribution in [2.45, 2.75) is 19.6 Å². The summed E-state index contributed by atoms with van der Waals surface area (Å²) in [7, 11) is 0. The smallest absolute Gasteiger partial charge is 0.270 e. The van der Waals surface area contributed by atoms with Gasteiger partial charge in [0.25, 0.3) is 5.91 Å². The highest BCUT2D eigenvalue weighted by Crippen LogP contribution is 2.25. The summed E-state index contributed by atoms with van der Waals surface area (Å²) in [6.45, 7) is 5.04. The number of rotatable bonds is 8. The number of carbonyl (C=O) groups is 1. The van der Waals surface area contributed by atoms with Crippen molar-refractivity contribution in [1.29, 1.82) is 0 Å². The first-order valence-electron chi connectivity index (χ1n) is 12.2. The first-order chi connectivity index (χ1) is 18.0. The van der Waals surface area contributed by atoms with E-state index in [1.165, 1.54) is 18.2 Å². The lowest BCUT2D eigenvalue weighted by Gasteiger charge is -2.31. The number of hydrogen-bond donors (Lipinski definition) is 1. The van der Waals surface area contributed by atoms with Crippen LogP contribution in [0.3, 0.4) is 0 Å². The van der Waals surface area contributed by atoms with Crippen LogP contribution in [0.25, 0.3) is 5.65 Å². The van der Waals surface area contributed by atoms with Gasteiger partial charge < -0.3 is 14.8 Å². The minimum atomic E-state index is -0.682. The second kappa shape index (κ2) is 11.1. The summed E-state index contributed by atoms with van der Waals surface area (Å²) < 4.78 is 41.0. The van der Waals surface area contributed by atoms with Gasteiger partial charge in [-0.3, -0.25) is 14.1 Å². The maximum absolute atomic E-state index is 14.1. The highest BCUT2D eigenvalue weighted by atomic mass is 19.1. The van der Waals surface area contributed by atoms with Crippen LogP contribution < -0.4 is 10.1 Å². The van der Waals surface area contributed by atoms with E-state index < -0.39 is 11.6 Å². The number of nitrogens with one attached hydrogen (secondary N) is 1. The van der Waals surface area contributed by atoms with E-state index in [9.17, 15) is 13.6 Å². The SMILES string of the molecule is Cc1nc2c(OCc3c(F)cccc3F)cccn2c1C(=O)NC(CN1CCOCC1)c1ccccc1. The topological polar surface area (TPSA) is 68.1 Å². The van der Waals surface area contributed by atoms with E-state index >= 15 is 0 Å². The molecule has 3 heterocycles. The third-order valence-electron chi connectivity index (χ3n) is 6.49. The predicted octanol–water partition coefficient (Wildman–Crippen LogP) is 4.30. The summed E-state index contributed by atoms with van der Waals surface area (Å²) in [6.07, 6.45) is 1.72. The van der Waals surface area contributed by atoms with Crippen LogP contribution in [-0.2, 0) is 11.3 Å². The Balaban J connectivity index is 1.40. The number of nitrogens with zero attached hydrogens (tertiary/aromatic N) is 3. The Morgan fingerprint density at radius 1 is 1.05 bits per heavy atom. The summed E-state index contributed by atoms with van der Waals surface area (Å²) in [5.41, 5.74) is 2.12. The second-order valence-electron chi connectivity index (χ2n) is 8.95. The average molecular weight is 507 g/mol. The molecule has 0 aliphatic carbocycles. The zero-order valence-corrected chi connectivity index (χ0v) is 20.5. The van der Waals surface area contributed by atoms with Gasteiger partial charge in [0.2, 0.25) is 0 Å². The van der Waals surface area contributed by atoms with E-state index in [1.807, 2.05) is 30.3 Å². The van der Waals surface area contributed by atoms with E-state index in [0.717, 1.165) is 18.7 Å². The van der Waals surface area contributed by atoms with Crippen LogP contribution in [0.5, 0.6) is 5.75 Å². The molecule has 1 saturated heterocycles. The molecule has 2 aromatic carbocycles. The summed E-state index contributed by atoms with van der Waals surface area (Å²) in [5.74, 6) is -1.32. The molecule has 7 nitrogen and oxygen atoms in total. The summed E-state index contributed by atoms with van der Waals surface area (Å²) in [4.78, 5) is 20.4. The molecule has 0 spiro atoms. The monoisotopic (exact) mass is 506 g/mol. The van der Waals surface area contributed by atoms with Crippen molar-refractivity contribution in [3.63, 3.8) is 0 Å². The molecule has 0 radical (unpaired) electrons. The minimum Gasteiger partial charge on any atom is -0.485 e. The number of halogens is 2. The molecule has 1 aliphatic heterocycles. The number of hydrogen-bond acceptors (Lipinski definition) is 5. The minimum absolute atomic E-state index is 0.167. The molecule has 1 N–H and O–H groups in total. The second-order valence-corrected chi connectivity index (χ2v) is 8.95. The van der Waals surface area contributed by atoms with E-state index in [-0.39, 0.29) is 24.1 Å². The highest BCUT2D eigenvalue weighted by molar-refractivity contribution is 5.95. The molecular weight excluding hydrogens is 478 g/mol. The normalized spacial score (nSPS) is 15.0. The fourth-order valence-corrected chi connectivity index (χ4v) is 4.55. The van der Waals surface area contributed by atoms with Gasteiger partial charge in [-0.1, -0.05) is 36.4 Å². The molecule has 5 rings (SSSR count). The van der Waals surface area contributed by atoms with Gasteiger partial charge in [0, 0.05) is 25.8 Å². The predicted molar refractivity (Wildman–Crippen MR) is 135 cm³/mol. The van der Waals surface area contributed by atoms with E-state index in [1.54, 1.807) is 29.7 Å². The molecule has 1 aliphatic rings. The zero-order valence-electron chi connectivity index (χ0n) is 20.5. The lowest BCUT2D eigenvalue weighted by molar-refractivity contribution is 0.0332. The highest BCUT2D eigenvalue weighted by Gasteiger charge is 2.24. The first-order valence-corrected chi connectivity index (χ1v) is 12.2. The number of benzene rings is 2. The van der Waals surface area contributed by atoms with Gasteiger partial charge >= 0.3 is 0 Å². The molecule has 2 aromatic heterocycles. The van der Waals surface area contributed by atoms with Crippen LogP contribution in [0, 0.1) is 18.6 Å². The number of aromatic nitrogens is 2. The number of fused-ring (bicyclic) bond motifs is 1. The molecular formula is C28H28F2N4O3. The van der Waals surface area contributed by atoms with Gasteiger partial charge in [0.15, 0.2) is 11.4 Å². The summed E-state index contributed by atoms with van der Waals surface area (Å²) in [6, 6.07) is 16.7. The molecule has 0 saturated carbocycles. The van der Waals surface area contributed by atoms with Crippen molar-refractivity contribution in [2.75, 3.05) is 32.8 Å². The lowest BCUT2D eigenvalue weighted by Crippen LogP contribution is -2.43. The number of morpholine rings is 1. The quantitative estimate of drug-likeness (QED) is 0.386. The van der Waals surface area contributed by atoms with Crippen molar-refractivity contribution < 1.29 is 23.0 Å². The molecule has 1 fully saturated rings. The summed E-state index contributed by atoms with van der Waals surface area (Å²) >= 11 is 0. The third-order valence-corrected chi connectivity index (χ3v) is 6.49. The number of carbonyl (C=O) groups excluding carboxylic acids is 1. The molecule has 1 atom stereocenters. The van der Waals surface area contributed by atoms with Gasteiger partial charge in [0.1, 0.15) is 23.9 Å². The van der Waals surface area contributed by atoms with E-state index in [0.29, 0.717) is 42.5 Å². The van der Waals surface area contributed by atoms with Crippen molar-refractivity contribution in [3.05, 3.63) is 101 Å². The van der Waals surface area contributed by atoms with E-state index in [4.69, 9.17) is 9.47 Å². The van der Waals surface area contributed by atoms with Gasteiger partial charge in [-0.05, 0) is 36.8 Å². The van der Waals surface area contributed by atoms with Crippen molar-refractivity contribution in [3.8, 4) is 5.75 Å². The van der Waals surface area contributed by atoms with Crippen LogP contribution >= 0.6 is 0 Å². The van der Waals surface area contributed by atoms with E-state index in [2.05, 4.69) is 15.2 Å². The number of pyridine rings is 1. The molecule has 9 heteroatoms. The standard InChI is InChI=1S/C28H28F2N4O3/c1-19-26(28(35)32-24(20-7-3-2-4-8-20)17-33-13-15-36-16-14-33)34-12-6-11-25(27(34)31-19)37-18-21-22(29)9-5-10-23(21)30/h2-12,24H,13-18H2,1H3,(H,32,35). The first kappa shape index (κ1) is 24.9.